The summed E-state index contributed by atoms with van der Waals surface area (Å²) in [6, 6.07) is 2.05. The van der Waals surface area contributed by atoms with Crippen LogP contribution in [-0.4, -0.2) is 35.3 Å². The van der Waals surface area contributed by atoms with Crippen molar-refractivity contribution in [1.82, 2.24) is 10.2 Å². The number of piperazine rings is 1. The summed E-state index contributed by atoms with van der Waals surface area (Å²) in [6.45, 7) is 4.75. The molecule has 0 spiro atoms. The molecule has 3 rings (SSSR count). The van der Waals surface area contributed by atoms with Gasteiger partial charge < -0.3 is 10.2 Å². The van der Waals surface area contributed by atoms with Crippen LogP contribution in [0.2, 0.25) is 0 Å². The maximum absolute atomic E-state index is 12.7. The number of carbonyl (C=O) groups excluding carboxylic acids is 2. The molecule has 0 atom stereocenters. The Hall–Kier alpha value is -1.36. The third-order valence-electron chi connectivity index (χ3n) is 4.30. The molecule has 0 saturated carbocycles. The molecule has 0 bridgehead atoms. The van der Waals surface area contributed by atoms with Crippen molar-refractivity contribution in [1.29, 1.82) is 0 Å². The molecule has 1 saturated heterocycles. The van der Waals surface area contributed by atoms with Crippen molar-refractivity contribution in [2.75, 3.05) is 13.1 Å². The van der Waals surface area contributed by atoms with Crippen molar-refractivity contribution >= 4 is 23.2 Å². The number of nitrogens with zero attached hydrogens (tertiary/aromatic N) is 1. The van der Waals surface area contributed by atoms with E-state index in [1.54, 1.807) is 16.2 Å². The van der Waals surface area contributed by atoms with Gasteiger partial charge in [0.15, 0.2) is 0 Å². The van der Waals surface area contributed by atoms with Crippen molar-refractivity contribution < 1.29 is 9.59 Å². The Bertz CT molecular complexity index is 539. The number of fused-ring (bicyclic) bond motifs is 1. The molecular formula is C15H20N2O2S. The van der Waals surface area contributed by atoms with Crippen LogP contribution >= 0.6 is 11.3 Å². The summed E-state index contributed by atoms with van der Waals surface area (Å²) < 4.78 is 0. The number of carbonyl (C=O) groups is 2. The highest BCUT2D eigenvalue weighted by molar-refractivity contribution is 7.14. The van der Waals surface area contributed by atoms with Gasteiger partial charge in [-0.3, -0.25) is 9.59 Å². The molecule has 1 aromatic heterocycles. The highest BCUT2D eigenvalue weighted by atomic mass is 32.1. The van der Waals surface area contributed by atoms with Crippen molar-refractivity contribution in [2.45, 2.75) is 45.1 Å². The van der Waals surface area contributed by atoms with Crippen LogP contribution < -0.4 is 5.32 Å². The van der Waals surface area contributed by atoms with E-state index in [1.165, 1.54) is 23.3 Å². The molecule has 0 aromatic carbocycles. The Balaban J connectivity index is 1.88. The average molecular weight is 292 g/mol. The summed E-state index contributed by atoms with van der Waals surface area (Å²) in [6.07, 6.45) is 4.62. The first-order chi connectivity index (χ1) is 9.50. The van der Waals surface area contributed by atoms with Gasteiger partial charge in [-0.05, 0) is 51.2 Å². The molecular weight excluding hydrogens is 272 g/mol. The zero-order valence-corrected chi connectivity index (χ0v) is 12.8. The summed E-state index contributed by atoms with van der Waals surface area (Å²) in [5, 5.41) is 2.83. The van der Waals surface area contributed by atoms with E-state index in [-0.39, 0.29) is 11.8 Å². The van der Waals surface area contributed by atoms with Crippen molar-refractivity contribution in [3.05, 3.63) is 21.4 Å². The molecule has 0 radical (unpaired) electrons. The fourth-order valence-corrected chi connectivity index (χ4v) is 4.19. The minimum absolute atomic E-state index is 0.00394. The Morgan fingerprint density at radius 1 is 1.35 bits per heavy atom. The zero-order valence-electron chi connectivity index (χ0n) is 12.0. The fraction of sp³-hybridized carbons (Fsp3) is 0.600. The summed E-state index contributed by atoms with van der Waals surface area (Å²) >= 11 is 1.62. The molecule has 2 amide bonds. The van der Waals surface area contributed by atoms with Gasteiger partial charge in [0.2, 0.25) is 5.91 Å². The first kappa shape index (κ1) is 13.6. The lowest BCUT2D eigenvalue weighted by molar-refractivity contribution is -0.133. The number of rotatable bonds is 1. The predicted octanol–water partition coefficient (Wildman–Crippen LogP) is 1.98. The topological polar surface area (TPSA) is 49.4 Å². The second-order valence-electron chi connectivity index (χ2n) is 6.04. The van der Waals surface area contributed by atoms with Crippen LogP contribution in [-0.2, 0) is 17.6 Å². The molecule has 5 heteroatoms. The lowest BCUT2D eigenvalue weighted by Crippen LogP contribution is -2.63. The highest BCUT2D eigenvalue weighted by Gasteiger charge is 2.41. The number of amides is 2. The van der Waals surface area contributed by atoms with Crippen LogP contribution in [0, 0.1) is 0 Å². The first-order valence-corrected chi connectivity index (χ1v) is 8.03. The molecule has 2 aliphatic rings. The predicted molar refractivity (Wildman–Crippen MR) is 79.1 cm³/mol. The second-order valence-corrected chi connectivity index (χ2v) is 7.17. The molecule has 4 nitrogen and oxygen atoms in total. The first-order valence-electron chi connectivity index (χ1n) is 7.22. The maximum Gasteiger partial charge on any atom is 0.264 e. The smallest absolute Gasteiger partial charge is 0.264 e. The van der Waals surface area contributed by atoms with Gasteiger partial charge in [-0.15, -0.1) is 11.3 Å². The van der Waals surface area contributed by atoms with Gasteiger partial charge in [-0.2, -0.15) is 0 Å². The average Bonchev–Trinajstić information content (AvgIpc) is 2.85. The van der Waals surface area contributed by atoms with Crippen LogP contribution in [0.5, 0.6) is 0 Å². The molecule has 1 N–H and O–H groups in total. The third-order valence-corrected chi connectivity index (χ3v) is 5.53. The summed E-state index contributed by atoms with van der Waals surface area (Å²) in [5.41, 5.74) is 0.573. The lowest BCUT2D eigenvalue weighted by Gasteiger charge is -2.40. The third kappa shape index (κ3) is 2.14. The van der Waals surface area contributed by atoms with E-state index in [0.717, 1.165) is 17.7 Å². The minimum Gasteiger partial charge on any atom is -0.352 e. The Labute approximate surface area is 123 Å². The van der Waals surface area contributed by atoms with E-state index in [0.29, 0.717) is 13.1 Å². The molecule has 0 unspecified atom stereocenters. The van der Waals surface area contributed by atoms with Crippen molar-refractivity contribution in [3.63, 3.8) is 0 Å². The van der Waals surface area contributed by atoms with E-state index in [9.17, 15) is 9.59 Å². The van der Waals surface area contributed by atoms with E-state index in [1.807, 2.05) is 19.9 Å². The molecule has 20 heavy (non-hydrogen) atoms. The molecule has 2 heterocycles. The van der Waals surface area contributed by atoms with Crippen molar-refractivity contribution in [3.8, 4) is 0 Å². The second kappa shape index (κ2) is 4.88. The summed E-state index contributed by atoms with van der Waals surface area (Å²) in [4.78, 5) is 28.6. The zero-order chi connectivity index (χ0) is 14.3. The number of hydrogen-bond donors (Lipinski definition) is 1. The largest absolute Gasteiger partial charge is 0.352 e. The van der Waals surface area contributed by atoms with Crippen LogP contribution in [0.25, 0.3) is 0 Å². The Kier molecular flexibility index (Phi) is 3.32. The lowest BCUT2D eigenvalue weighted by atomic mass is 9.97. The Morgan fingerprint density at radius 2 is 2.10 bits per heavy atom. The number of nitrogens with one attached hydrogen (secondary N) is 1. The van der Waals surface area contributed by atoms with Gasteiger partial charge in [0.1, 0.15) is 5.54 Å². The van der Waals surface area contributed by atoms with Crippen LogP contribution in [0.15, 0.2) is 6.07 Å². The van der Waals surface area contributed by atoms with E-state index in [2.05, 4.69) is 5.32 Å². The molecule has 1 aliphatic heterocycles. The molecule has 1 aliphatic carbocycles. The fourth-order valence-electron chi connectivity index (χ4n) is 2.98. The summed E-state index contributed by atoms with van der Waals surface area (Å²) in [7, 11) is 0. The molecule has 1 fully saturated rings. The van der Waals surface area contributed by atoms with Gasteiger partial charge in [-0.1, -0.05) is 0 Å². The SMILES string of the molecule is CC1(C)C(=O)NCCN1C(=O)c1cc2c(s1)CCCC2. The number of hydrogen-bond acceptors (Lipinski definition) is 3. The van der Waals surface area contributed by atoms with Gasteiger partial charge in [0.05, 0.1) is 4.88 Å². The molecule has 108 valence electrons. The highest BCUT2D eigenvalue weighted by Crippen LogP contribution is 2.31. The normalized spacial score (nSPS) is 21.3. The molecule has 1 aromatic rings. The quantitative estimate of drug-likeness (QED) is 0.860. The van der Waals surface area contributed by atoms with Gasteiger partial charge in [-0.25, -0.2) is 0 Å². The summed E-state index contributed by atoms with van der Waals surface area (Å²) in [5.74, 6) is -0.0670. The monoisotopic (exact) mass is 292 g/mol. The standard InChI is InChI=1S/C15H20N2O2S/c1-15(2)14(19)16-7-8-17(15)13(18)12-9-10-5-3-4-6-11(10)20-12/h9H,3-8H2,1-2H3,(H,16,19). The number of aryl methyl sites for hydroxylation is 2. The van der Waals surface area contributed by atoms with Crippen molar-refractivity contribution in [2.24, 2.45) is 0 Å². The van der Waals surface area contributed by atoms with Gasteiger partial charge in [0, 0.05) is 18.0 Å². The Morgan fingerprint density at radius 3 is 2.85 bits per heavy atom. The minimum atomic E-state index is -0.764. The van der Waals surface area contributed by atoms with E-state index >= 15 is 0 Å². The van der Waals surface area contributed by atoms with Gasteiger partial charge in [0.25, 0.3) is 5.91 Å². The maximum atomic E-state index is 12.7. The van der Waals surface area contributed by atoms with Crippen LogP contribution in [0.3, 0.4) is 0 Å². The van der Waals surface area contributed by atoms with E-state index in [4.69, 9.17) is 0 Å². The van der Waals surface area contributed by atoms with Crippen LogP contribution in [0.4, 0.5) is 0 Å². The van der Waals surface area contributed by atoms with E-state index < -0.39 is 5.54 Å². The van der Waals surface area contributed by atoms with Crippen LogP contribution in [0.1, 0.15) is 46.8 Å². The number of thiophene rings is 1. The van der Waals surface area contributed by atoms with Gasteiger partial charge >= 0.3 is 0 Å².